The minimum atomic E-state index is -3.58. The van der Waals surface area contributed by atoms with Gasteiger partial charge in [0, 0.05) is 6.54 Å². The van der Waals surface area contributed by atoms with Crippen LogP contribution in [0.5, 0.6) is 0 Å². The normalized spacial score (nSPS) is 13.4. The average molecular weight is 502 g/mol. The summed E-state index contributed by atoms with van der Waals surface area (Å²) >= 11 is 0. The van der Waals surface area contributed by atoms with E-state index in [1.165, 1.54) is 11.1 Å². The Morgan fingerprint density at radius 3 is 2.09 bits per heavy atom. The van der Waals surface area contributed by atoms with Crippen LogP contribution in [0.4, 0.5) is 0 Å². The molecular weight excluding hydrogens is 453 g/mol. The maximum absolute atomic E-state index is 12.9. The predicted octanol–water partition coefficient (Wildman–Crippen LogP) is 6.44. The van der Waals surface area contributed by atoms with E-state index in [1.54, 1.807) is 20.8 Å². The lowest BCUT2D eigenvalue weighted by Gasteiger charge is -2.25. The minimum absolute atomic E-state index is 0.0231. The predicted molar refractivity (Wildman–Crippen MR) is 139 cm³/mol. The quantitative estimate of drug-likeness (QED) is 0.101. The summed E-state index contributed by atoms with van der Waals surface area (Å²) in [6.07, 6.45) is 9.11. The molecule has 0 spiro atoms. The topological polar surface area (TPSA) is 90.9 Å². The molecule has 0 rings (SSSR count). The van der Waals surface area contributed by atoms with E-state index in [9.17, 15) is 14.2 Å². The highest BCUT2D eigenvalue weighted by molar-refractivity contribution is 7.53. The zero-order chi connectivity index (χ0) is 26.2. The van der Waals surface area contributed by atoms with Gasteiger partial charge in [-0.05, 0) is 79.1 Å². The van der Waals surface area contributed by atoms with Gasteiger partial charge in [0.1, 0.15) is 5.92 Å². The van der Waals surface area contributed by atoms with Crippen LogP contribution in [0.2, 0.25) is 0 Å². The van der Waals surface area contributed by atoms with Crippen molar-refractivity contribution >= 4 is 19.5 Å². The van der Waals surface area contributed by atoms with Gasteiger partial charge in [0.05, 0.1) is 26.0 Å². The zero-order valence-corrected chi connectivity index (χ0v) is 23.6. The fourth-order valence-corrected chi connectivity index (χ4v) is 5.27. The van der Waals surface area contributed by atoms with Crippen LogP contribution in [0.3, 0.4) is 0 Å². The third-order valence-electron chi connectivity index (χ3n) is 5.45. The number of hydrogen-bond acceptors (Lipinski definition) is 6. The lowest BCUT2D eigenvalue weighted by molar-refractivity contribution is -0.151. The second kappa shape index (κ2) is 17.1. The largest absolute Gasteiger partial charge is 0.465 e. The van der Waals surface area contributed by atoms with Gasteiger partial charge in [-0.25, -0.2) is 0 Å². The van der Waals surface area contributed by atoms with E-state index in [1.807, 2.05) is 0 Å². The number of allylic oxidation sites excluding steroid dienone is 4. The van der Waals surface area contributed by atoms with Gasteiger partial charge >= 0.3 is 13.6 Å². The van der Waals surface area contributed by atoms with Gasteiger partial charge < -0.3 is 19.1 Å². The molecule has 0 radical (unpaired) electrons. The van der Waals surface area contributed by atoms with Crippen molar-refractivity contribution in [3.63, 3.8) is 0 Å². The van der Waals surface area contributed by atoms with Gasteiger partial charge in [-0.3, -0.25) is 14.2 Å². The SMILES string of the molecule is CCOC(=O)C(CP(=O)(OCC)OCC)C(=O)NCCC(C)(C)CC/C=C(\C)CCC=C(C)C. The summed E-state index contributed by atoms with van der Waals surface area (Å²) in [5.41, 5.74) is 2.77. The molecule has 0 saturated heterocycles. The van der Waals surface area contributed by atoms with Crippen LogP contribution >= 0.6 is 7.60 Å². The maximum atomic E-state index is 12.9. The Balaban J connectivity index is 4.88. The Kier molecular flexibility index (Phi) is 16.4. The first kappa shape index (κ1) is 32.6. The highest BCUT2D eigenvalue weighted by Crippen LogP contribution is 2.49. The van der Waals surface area contributed by atoms with Gasteiger partial charge in [-0.15, -0.1) is 0 Å². The standard InChI is InChI=1S/C26H48NO6P/c1-9-31-25(29)23(20-34(30,32-10-2)33-11-3)24(28)27-19-18-26(7,8)17-13-16-22(6)15-12-14-21(4)5/h14,16,23H,9-13,15,17-20H2,1-8H3,(H,27,28)/b22-16+. The van der Waals surface area contributed by atoms with Gasteiger partial charge in [0.25, 0.3) is 0 Å². The van der Waals surface area contributed by atoms with E-state index in [0.29, 0.717) is 6.54 Å². The first-order valence-corrected chi connectivity index (χ1v) is 14.2. The lowest BCUT2D eigenvalue weighted by atomic mass is 9.84. The van der Waals surface area contributed by atoms with Gasteiger partial charge in [0.15, 0.2) is 0 Å². The Labute approximate surface area is 207 Å². The van der Waals surface area contributed by atoms with Crippen LogP contribution in [0.15, 0.2) is 23.3 Å². The molecule has 0 aliphatic carbocycles. The highest BCUT2D eigenvalue weighted by atomic mass is 31.2. The molecule has 0 aliphatic rings. The maximum Gasteiger partial charge on any atom is 0.332 e. The van der Waals surface area contributed by atoms with E-state index in [-0.39, 0.29) is 31.4 Å². The summed E-state index contributed by atoms with van der Waals surface area (Å²) in [5, 5.41) is 2.83. The molecule has 7 nitrogen and oxygen atoms in total. The molecule has 0 saturated carbocycles. The number of carbonyl (C=O) groups excluding carboxylic acids is 2. The third kappa shape index (κ3) is 14.7. The molecule has 8 heteroatoms. The lowest BCUT2D eigenvalue weighted by Crippen LogP contribution is -2.40. The molecule has 0 aliphatic heterocycles. The molecular formula is C26H48NO6P. The molecule has 1 N–H and O–H groups in total. The second-order valence-corrected chi connectivity index (χ2v) is 11.7. The van der Waals surface area contributed by atoms with Crippen LogP contribution in [-0.2, 0) is 27.9 Å². The molecule has 1 unspecified atom stereocenters. The van der Waals surface area contributed by atoms with Crippen LogP contribution in [0, 0.1) is 11.3 Å². The summed E-state index contributed by atoms with van der Waals surface area (Å²) in [6.45, 7) is 16.7. The number of hydrogen-bond donors (Lipinski definition) is 1. The second-order valence-electron chi connectivity index (χ2n) is 9.55. The van der Waals surface area contributed by atoms with Crippen LogP contribution in [-0.4, -0.2) is 44.4 Å². The number of carbonyl (C=O) groups is 2. The third-order valence-corrected chi connectivity index (χ3v) is 7.57. The van der Waals surface area contributed by atoms with Crippen LogP contribution in [0.25, 0.3) is 0 Å². The van der Waals surface area contributed by atoms with Crippen molar-refractivity contribution < 1.29 is 27.9 Å². The van der Waals surface area contributed by atoms with Crippen molar-refractivity contribution in [2.75, 3.05) is 32.5 Å². The molecule has 0 heterocycles. The molecule has 0 aromatic carbocycles. The summed E-state index contributed by atoms with van der Waals surface area (Å²) in [7, 11) is -3.58. The number of amides is 1. The van der Waals surface area contributed by atoms with Crippen molar-refractivity contribution in [2.24, 2.45) is 11.3 Å². The van der Waals surface area contributed by atoms with Crippen molar-refractivity contribution in [3.05, 3.63) is 23.3 Å². The smallest absolute Gasteiger partial charge is 0.332 e. The fraction of sp³-hybridized carbons (Fsp3) is 0.769. The Morgan fingerprint density at radius 1 is 0.941 bits per heavy atom. The van der Waals surface area contributed by atoms with E-state index in [4.69, 9.17) is 13.8 Å². The van der Waals surface area contributed by atoms with Gasteiger partial charge in [-0.2, -0.15) is 0 Å². The molecule has 34 heavy (non-hydrogen) atoms. The van der Waals surface area contributed by atoms with E-state index < -0.39 is 25.4 Å². The zero-order valence-electron chi connectivity index (χ0n) is 22.7. The Hall–Kier alpha value is -1.43. The summed E-state index contributed by atoms with van der Waals surface area (Å²) < 4.78 is 28.5. The molecule has 1 amide bonds. The molecule has 0 aromatic heterocycles. The molecule has 0 fully saturated rings. The summed E-state index contributed by atoms with van der Waals surface area (Å²) in [6, 6.07) is 0. The average Bonchev–Trinajstić information content (AvgIpc) is 2.72. The summed E-state index contributed by atoms with van der Waals surface area (Å²) in [5.74, 6) is -2.46. The summed E-state index contributed by atoms with van der Waals surface area (Å²) in [4.78, 5) is 25.2. The van der Waals surface area contributed by atoms with Gasteiger partial charge in [-0.1, -0.05) is 37.1 Å². The Bertz CT molecular complexity index is 715. The van der Waals surface area contributed by atoms with Crippen LogP contribution < -0.4 is 5.32 Å². The van der Waals surface area contributed by atoms with Crippen molar-refractivity contribution in [3.8, 4) is 0 Å². The van der Waals surface area contributed by atoms with Gasteiger partial charge in [0.2, 0.25) is 5.91 Å². The highest BCUT2D eigenvalue weighted by Gasteiger charge is 2.38. The fourth-order valence-electron chi connectivity index (χ4n) is 3.44. The minimum Gasteiger partial charge on any atom is -0.465 e. The molecule has 1 atom stereocenters. The van der Waals surface area contributed by atoms with Crippen molar-refractivity contribution in [1.29, 1.82) is 0 Å². The van der Waals surface area contributed by atoms with Crippen LogP contribution in [0.1, 0.15) is 87.5 Å². The monoisotopic (exact) mass is 501 g/mol. The van der Waals surface area contributed by atoms with E-state index in [0.717, 1.165) is 32.1 Å². The number of ether oxygens (including phenoxy) is 1. The first-order chi connectivity index (χ1) is 15.9. The Morgan fingerprint density at radius 2 is 1.56 bits per heavy atom. The first-order valence-electron chi connectivity index (χ1n) is 12.5. The van der Waals surface area contributed by atoms with Crippen molar-refractivity contribution in [1.82, 2.24) is 5.32 Å². The molecule has 198 valence electrons. The number of nitrogens with one attached hydrogen (secondary N) is 1. The number of esters is 1. The van der Waals surface area contributed by atoms with E-state index in [2.05, 4.69) is 52.1 Å². The molecule has 0 aromatic rings. The number of rotatable bonds is 18. The van der Waals surface area contributed by atoms with E-state index >= 15 is 0 Å². The van der Waals surface area contributed by atoms with Crippen molar-refractivity contribution in [2.45, 2.75) is 87.5 Å². The molecule has 0 bridgehead atoms.